The molecule has 2 aromatic rings. The maximum absolute atomic E-state index is 11.9. The molecule has 4 heteroatoms. The van der Waals surface area contributed by atoms with Crippen LogP contribution in [0.25, 0.3) is 10.9 Å². The Kier molecular flexibility index (Phi) is 4.01. The first-order chi connectivity index (χ1) is 10.6. The Hall–Kier alpha value is -2.10. The van der Waals surface area contributed by atoms with Gasteiger partial charge in [0.05, 0.1) is 12.1 Å². The molecule has 1 amide bonds. The third-order valence-corrected chi connectivity index (χ3v) is 4.39. The van der Waals surface area contributed by atoms with E-state index in [1.165, 1.54) is 22.1 Å². The number of hydrogen-bond donors (Lipinski definition) is 0. The van der Waals surface area contributed by atoms with Gasteiger partial charge < -0.3 is 9.64 Å². The summed E-state index contributed by atoms with van der Waals surface area (Å²) < 4.78 is 5.13. The van der Waals surface area contributed by atoms with E-state index in [0.717, 1.165) is 24.1 Å². The van der Waals surface area contributed by atoms with Crippen LogP contribution in [-0.2, 0) is 17.6 Å². The molecule has 22 heavy (non-hydrogen) atoms. The van der Waals surface area contributed by atoms with Gasteiger partial charge in [0.15, 0.2) is 0 Å². The molecule has 116 valence electrons. The average Bonchev–Trinajstić information content (AvgIpc) is 2.70. The number of nitrogens with zero attached hydrogens (tertiary/aromatic N) is 2. The predicted molar refractivity (Wildman–Crippen MR) is 87.2 cm³/mol. The fourth-order valence-corrected chi connectivity index (χ4v) is 3.18. The van der Waals surface area contributed by atoms with Crippen LogP contribution in [0.15, 0.2) is 18.2 Å². The summed E-state index contributed by atoms with van der Waals surface area (Å²) in [5, 5.41) is 1.22. The van der Waals surface area contributed by atoms with Crippen LogP contribution in [-0.4, -0.2) is 35.7 Å². The fraction of sp³-hybridized carbons (Fsp3) is 0.444. The smallest absolute Gasteiger partial charge is 0.409 e. The Balaban J connectivity index is 1.96. The van der Waals surface area contributed by atoms with Gasteiger partial charge in [0.1, 0.15) is 0 Å². The number of rotatable bonds is 1. The van der Waals surface area contributed by atoms with Crippen molar-refractivity contribution in [2.24, 2.45) is 0 Å². The van der Waals surface area contributed by atoms with Crippen LogP contribution in [0.2, 0.25) is 0 Å². The minimum Gasteiger partial charge on any atom is -0.450 e. The number of pyridine rings is 1. The molecule has 0 radical (unpaired) electrons. The number of hydrogen-bond acceptors (Lipinski definition) is 3. The van der Waals surface area contributed by atoms with Gasteiger partial charge in [-0.25, -0.2) is 4.79 Å². The third-order valence-electron chi connectivity index (χ3n) is 4.39. The number of aromatic nitrogens is 1. The zero-order valence-corrected chi connectivity index (χ0v) is 13.5. The number of benzene rings is 1. The predicted octanol–water partition coefficient (Wildman–Crippen LogP) is 3.41. The second kappa shape index (κ2) is 5.95. The SMILES string of the molecule is CCOC(=O)N1CCc2nc3cc(C)ccc3c(C)c2CC1. The summed E-state index contributed by atoms with van der Waals surface area (Å²) in [6.07, 6.45) is 1.42. The van der Waals surface area contributed by atoms with Crippen LogP contribution in [0.1, 0.15) is 29.3 Å². The Morgan fingerprint density at radius 1 is 1.27 bits per heavy atom. The van der Waals surface area contributed by atoms with Crippen LogP contribution in [0.4, 0.5) is 4.79 Å². The van der Waals surface area contributed by atoms with Crippen LogP contribution in [0, 0.1) is 13.8 Å². The molecule has 1 aromatic heterocycles. The van der Waals surface area contributed by atoms with Gasteiger partial charge in [-0.15, -0.1) is 0 Å². The molecule has 0 atom stereocenters. The summed E-state index contributed by atoms with van der Waals surface area (Å²) in [5.74, 6) is 0. The van der Waals surface area contributed by atoms with Crippen molar-refractivity contribution in [3.05, 3.63) is 40.6 Å². The van der Waals surface area contributed by atoms with E-state index in [1.807, 2.05) is 6.92 Å². The molecule has 0 bridgehead atoms. The summed E-state index contributed by atoms with van der Waals surface area (Å²) in [4.78, 5) is 18.6. The van der Waals surface area contributed by atoms with Crippen molar-refractivity contribution in [3.63, 3.8) is 0 Å². The Morgan fingerprint density at radius 2 is 2.05 bits per heavy atom. The summed E-state index contributed by atoms with van der Waals surface area (Å²) in [6.45, 7) is 7.89. The first kappa shape index (κ1) is 14.8. The van der Waals surface area contributed by atoms with Crippen molar-refractivity contribution >= 4 is 17.0 Å². The molecule has 0 fully saturated rings. The summed E-state index contributed by atoms with van der Waals surface area (Å²) >= 11 is 0. The van der Waals surface area contributed by atoms with Crippen molar-refractivity contribution in [1.82, 2.24) is 9.88 Å². The van der Waals surface area contributed by atoms with Crippen molar-refractivity contribution in [2.75, 3.05) is 19.7 Å². The van der Waals surface area contributed by atoms with Crippen molar-refractivity contribution in [1.29, 1.82) is 0 Å². The molecule has 3 rings (SSSR count). The monoisotopic (exact) mass is 298 g/mol. The van der Waals surface area contributed by atoms with Gasteiger partial charge in [-0.1, -0.05) is 12.1 Å². The number of ether oxygens (including phenoxy) is 1. The number of fused-ring (bicyclic) bond motifs is 2. The maximum atomic E-state index is 11.9. The topological polar surface area (TPSA) is 42.4 Å². The molecule has 0 spiro atoms. The highest BCUT2D eigenvalue weighted by atomic mass is 16.6. The lowest BCUT2D eigenvalue weighted by atomic mass is 9.98. The van der Waals surface area contributed by atoms with Gasteiger partial charge in [0, 0.05) is 30.6 Å². The normalized spacial score (nSPS) is 14.6. The van der Waals surface area contributed by atoms with Gasteiger partial charge >= 0.3 is 6.09 Å². The highest BCUT2D eigenvalue weighted by Crippen LogP contribution is 2.26. The lowest BCUT2D eigenvalue weighted by molar-refractivity contribution is 0.109. The van der Waals surface area contributed by atoms with Gasteiger partial charge in [-0.3, -0.25) is 4.98 Å². The number of carbonyl (C=O) groups is 1. The van der Waals surface area contributed by atoms with Crippen LogP contribution in [0.5, 0.6) is 0 Å². The molecule has 4 nitrogen and oxygen atoms in total. The lowest BCUT2D eigenvalue weighted by Crippen LogP contribution is -2.33. The molecule has 1 aliphatic rings. The van der Waals surface area contributed by atoms with Crippen LogP contribution >= 0.6 is 0 Å². The Labute approximate surface area is 131 Å². The quantitative estimate of drug-likeness (QED) is 0.810. The molecule has 1 aromatic carbocycles. The Bertz CT molecular complexity index is 725. The fourth-order valence-electron chi connectivity index (χ4n) is 3.18. The molecule has 0 unspecified atom stereocenters. The standard InChI is InChI=1S/C18H22N2O2/c1-4-22-18(21)20-9-7-15-13(3)14-6-5-12(2)11-17(14)19-16(15)8-10-20/h5-6,11H,4,7-10H2,1-3H3. The molecular formula is C18H22N2O2. The molecule has 0 saturated heterocycles. The molecule has 2 heterocycles. The average molecular weight is 298 g/mol. The zero-order valence-electron chi connectivity index (χ0n) is 13.5. The van der Waals surface area contributed by atoms with Gasteiger partial charge in [0.2, 0.25) is 0 Å². The largest absolute Gasteiger partial charge is 0.450 e. The second-order valence-corrected chi connectivity index (χ2v) is 5.87. The van der Waals surface area contributed by atoms with Crippen LogP contribution < -0.4 is 0 Å². The lowest BCUT2D eigenvalue weighted by Gasteiger charge is -2.18. The maximum Gasteiger partial charge on any atom is 0.409 e. The minimum absolute atomic E-state index is 0.214. The van der Waals surface area contributed by atoms with Gasteiger partial charge in [-0.05, 0) is 49.9 Å². The first-order valence-electron chi connectivity index (χ1n) is 7.90. The summed E-state index contributed by atoms with van der Waals surface area (Å²) in [7, 11) is 0. The Morgan fingerprint density at radius 3 is 2.82 bits per heavy atom. The summed E-state index contributed by atoms with van der Waals surface area (Å²) in [6, 6.07) is 6.42. The van der Waals surface area contributed by atoms with E-state index < -0.39 is 0 Å². The van der Waals surface area contributed by atoms with Crippen molar-refractivity contribution in [2.45, 2.75) is 33.6 Å². The highest BCUT2D eigenvalue weighted by molar-refractivity contribution is 5.84. The van der Waals surface area contributed by atoms with Gasteiger partial charge in [-0.2, -0.15) is 0 Å². The van der Waals surface area contributed by atoms with Crippen molar-refractivity contribution in [3.8, 4) is 0 Å². The minimum atomic E-state index is -0.214. The zero-order chi connectivity index (χ0) is 15.7. The van der Waals surface area contributed by atoms with E-state index in [2.05, 4.69) is 32.0 Å². The third kappa shape index (κ3) is 2.65. The van der Waals surface area contributed by atoms with E-state index in [0.29, 0.717) is 19.7 Å². The first-order valence-corrected chi connectivity index (χ1v) is 7.90. The van der Waals surface area contributed by atoms with E-state index in [1.54, 1.807) is 4.90 Å². The van der Waals surface area contributed by atoms with E-state index in [4.69, 9.17) is 9.72 Å². The second-order valence-electron chi connectivity index (χ2n) is 5.87. The van der Waals surface area contributed by atoms with Gasteiger partial charge in [0.25, 0.3) is 0 Å². The molecule has 1 aliphatic heterocycles. The summed E-state index contributed by atoms with van der Waals surface area (Å²) in [5.41, 5.74) is 6.00. The number of carbonyl (C=O) groups excluding carboxylic acids is 1. The number of aryl methyl sites for hydroxylation is 2. The van der Waals surface area contributed by atoms with E-state index in [9.17, 15) is 4.79 Å². The highest BCUT2D eigenvalue weighted by Gasteiger charge is 2.22. The van der Waals surface area contributed by atoms with Crippen molar-refractivity contribution < 1.29 is 9.53 Å². The molecule has 0 aliphatic carbocycles. The van der Waals surface area contributed by atoms with Crippen LogP contribution in [0.3, 0.4) is 0 Å². The van der Waals surface area contributed by atoms with E-state index >= 15 is 0 Å². The number of amides is 1. The molecule has 0 N–H and O–H groups in total. The molecular weight excluding hydrogens is 276 g/mol. The molecule has 0 saturated carbocycles. The van der Waals surface area contributed by atoms with E-state index in [-0.39, 0.29) is 6.09 Å².